The second-order valence-electron chi connectivity index (χ2n) is 7.06. The van der Waals surface area contributed by atoms with Crippen LogP contribution in [0.1, 0.15) is 24.8 Å². The van der Waals surface area contributed by atoms with Crippen LogP contribution in [0.5, 0.6) is 0 Å². The Kier molecular flexibility index (Phi) is 5.43. The highest BCUT2D eigenvalue weighted by molar-refractivity contribution is 5.84. The first kappa shape index (κ1) is 18.3. The van der Waals surface area contributed by atoms with E-state index in [1.807, 2.05) is 18.2 Å². The number of nitro benzene ring substituents is 1. The maximum absolute atomic E-state index is 11.0. The summed E-state index contributed by atoms with van der Waals surface area (Å²) in [5, 5.41) is 11.0. The summed E-state index contributed by atoms with van der Waals surface area (Å²) < 4.78 is 2.14. The van der Waals surface area contributed by atoms with Crippen LogP contribution in [-0.4, -0.2) is 45.2 Å². The van der Waals surface area contributed by atoms with Crippen LogP contribution in [0.2, 0.25) is 0 Å². The Morgan fingerprint density at radius 1 is 1.07 bits per heavy atom. The van der Waals surface area contributed by atoms with Gasteiger partial charge in [0.05, 0.1) is 16.0 Å². The number of hydrogen-bond acceptors (Lipinski definition) is 5. The van der Waals surface area contributed by atoms with Crippen LogP contribution in [-0.2, 0) is 6.54 Å². The molecule has 144 valence electrons. The number of fused-ring (bicyclic) bond motifs is 1. The van der Waals surface area contributed by atoms with Gasteiger partial charge in [0, 0.05) is 31.4 Å². The molecule has 1 aromatic heterocycles. The van der Waals surface area contributed by atoms with Gasteiger partial charge >= 0.3 is 0 Å². The van der Waals surface area contributed by atoms with Gasteiger partial charge < -0.3 is 9.47 Å². The molecule has 0 N–H and O–H groups in total. The van der Waals surface area contributed by atoms with Crippen molar-refractivity contribution in [3.8, 4) is 0 Å². The zero-order valence-corrected chi connectivity index (χ0v) is 15.7. The summed E-state index contributed by atoms with van der Waals surface area (Å²) in [5.41, 5.74) is 2.71. The summed E-state index contributed by atoms with van der Waals surface area (Å²) in [6.45, 7) is 4.10. The lowest BCUT2D eigenvalue weighted by atomic mass is 10.1. The number of aromatic nitrogens is 2. The van der Waals surface area contributed by atoms with Crippen LogP contribution in [0, 0.1) is 10.1 Å². The fourth-order valence-electron chi connectivity index (χ4n) is 3.66. The van der Waals surface area contributed by atoms with Gasteiger partial charge in [-0.1, -0.05) is 30.7 Å². The number of hydrogen-bond donors (Lipinski definition) is 0. The van der Waals surface area contributed by atoms with E-state index in [-0.39, 0.29) is 5.69 Å². The Balaban J connectivity index is 1.60. The Morgan fingerprint density at radius 2 is 1.89 bits per heavy atom. The van der Waals surface area contributed by atoms with Gasteiger partial charge in [-0.2, -0.15) is 0 Å². The van der Waals surface area contributed by atoms with Crippen molar-refractivity contribution in [2.45, 2.75) is 25.8 Å². The number of likely N-dealkylation sites (tertiary alicyclic amines) is 1. The van der Waals surface area contributed by atoms with E-state index < -0.39 is 4.92 Å². The number of benzene rings is 2. The second-order valence-corrected chi connectivity index (χ2v) is 7.06. The van der Waals surface area contributed by atoms with E-state index in [0.717, 1.165) is 37.2 Å². The third-order valence-electron chi connectivity index (χ3n) is 5.13. The molecule has 0 unspecified atom stereocenters. The third kappa shape index (κ3) is 4.09. The van der Waals surface area contributed by atoms with Gasteiger partial charge in [-0.25, -0.2) is 9.98 Å². The largest absolute Gasteiger partial charge is 0.307 e. The SMILES string of the molecule is O=[N+]([O-])c1cccc(/C=N/c2nc3ccccc3n2CCN2CCCCC2)c1. The fraction of sp³-hybridized carbons (Fsp3) is 0.333. The molecule has 28 heavy (non-hydrogen) atoms. The number of nitrogens with zero attached hydrogens (tertiary/aromatic N) is 5. The highest BCUT2D eigenvalue weighted by atomic mass is 16.6. The average Bonchev–Trinajstić information content (AvgIpc) is 3.09. The predicted octanol–water partition coefficient (Wildman–Crippen LogP) is 4.18. The van der Waals surface area contributed by atoms with Crippen LogP contribution in [0.3, 0.4) is 0 Å². The van der Waals surface area contributed by atoms with E-state index in [4.69, 9.17) is 0 Å². The van der Waals surface area contributed by atoms with Crippen LogP contribution < -0.4 is 0 Å². The summed E-state index contributed by atoms with van der Waals surface area (Å²) in [6.07, 6.45) is 5.50. The van der Waals surface area contributed by atoms with Crippen LogP contribution in [0.4, 0.5) is 11.6 Å². The summed E-state index contributed by atoms with van der Waals surface area (Å²) in [5.74, 6) is 0.629. The molecular weight excluding hydrogens is 354 g/mol. The van der Waals surface area contributed by atoms with Gasteiger partial charge in [0.1, 0.15) is 0 Å². The number of rotatable bonds is 6. The molecule has 1 aliphatic rings. The molecule has 1 aliphatic heterocycles. The minimum atomic E-state index is -0.398. The highest BCUT2D eigenvalue weighted by Gasteiger charge is 2.13. The maximum Gasteiger partial charge on any atom is 0.270 e. The van der Waals surface area contributed by atoms with Gasteiger partial charge in [-0.05, 0) is 43.6 Å². The minimum Gasteiger partial charge on any atom is -0.307 e. The zero-order valence-electron chi connectivity index (χ0n) is 15.7. The molecule has 1 fully saturated rings. The molecule has 2 heterocycles. The molecule has 7 nitrogen and oxygen atoms in total. The molecule has 0 bridgehead atoms. The van der Waals surface area contributed by atoms with E-state index in [9.17, 15) is 10.1 Å². The number of non-ortho nitro benzene ring substituents is 1. The summed E-state index contributed by atoms with van der Waals surface area (Å²) in [4.78, 5) is 22.3. The summed E-state index contributed by atoms with van der Waals surface area (Å²) >= 11 is 0. The van der Waals surface area contributed by atoms with E-state index in [1.54, 1.807) is 18.3 Å². The standard InChI is InChI=1S/C21H23N5O2/c27-26(28)18-8-6-7-17(15-18)16-22-21-23-19-9-2-3-10-20(19)25(21)14-13-24-11-4-1-5-12-24/h2-3,6-10,15-16H,1,4-5,11-14H2/b22-16+. The lowest BCUT2D eigenvalue weighted by molar-refractivity contribution is -0.384. The lowest BCUT2D eigenvalue weighted by Gasteiger charge is -2.26. The van der Waals surface area contributed by atoms with Crippen molar-refractivity contribution in [1.29, 1.82) is 0 Å². The van der Waals surface area contributed by atoms with Crippen molar-refractivity contribution in [3.63, 3.8) is 0 Å². The molecule has 3 aromatic rings. The van der Waals surface area contributed by atoms with Gasteiger partial charge in [0.2, 0.25) is 5.95 Å². The van der Waals surface area contributed by atoms with Crippen molar-refractivity contribution in [2.24, 2.45) is 4.99 Å². The number of para-hydroxylation sites is 2. The molecule has 4 rings (SSSR count). The Bertz CT molecular complexity index is 1000. The molecular formula is C21H23N5O2. The van der Waals surface area contributed by atoms with Crippen LogP contribution in [0.25, 0.3) is 11.0 Å². The van der Waals surface area contributed by atoms with Crippen molar-refractivity contribution in [3.05, 3.63) is 64.2 Å². The molecule has 1 saturated heterocycles. The van der Waals surface area contributed by atoms with Gasteiger partial charge in [-0.15, -0.1) is 0 Å². The number of nitro groups is 1. The van der Waals surface area contributed by atoms with Crippen molar-refractivity contribution in [1.82, 2.24) is 14.5 Å². The van der Waals surface area contributed by atoms with Crippen molar-refractivity contribution < 1.29 is 4.92 Å². The molecule has 0 spiro atoms. The summed E-state index contributed by atoms with van der Waals surface area (Å²) in [6, 6.07) is 14.5. The lowest BCUT2D eigenvalue weighted by Crippen LogP contribution is -2.32. The second kappa shape index (κ2) is 8.31. The molecule has 0 aliphatic carbocycles. The number of piperidine rings is 1. The number of imidazole rings is 1. The quantitative estimate of drug-likeness (QED) is 0.367. The van der Waals surface area contributed by atoms with E-state index >= 15 is 0 Å². The van der Waals surface area contributed by atoms with Crippen LogP contribution in [0.15, 0.2) is 53.5 Å². The normalized spacial score (nSPS) is 15.4. The predicted molar refractivity (Wildman–Crippen MR) is 110 cm³/mol. The van der Waals surface area contributed by atoms with Crippen molar-refractivity contribution >= 4 is 28.9 Å². The first-order valence-electron chi connectivity index (χ1n) is 9.67. The average molecular weight is 377 g/mol. The number of aliphatic imine (C=N–C) groups is 1. The van der Waals surface area contributed by atoms with E-state index in [2.05, 4.69) is 25.5 Å². The van der Waals surface area contributed by atoms with Gasteiger partial charge in [0.15, 0.2) is 0 Å². The van der Waals surface area contributed by atoms with Crippen molar-refractivity contribution in [2.75, 3.05) is 19.6 Å². The fourth-order valence-corrected chi connectivity index (χ4v) is 3.66. The first-order valence-corrected chi connectivity index (χ1v) is 9.67. The molecule has 0 saturated carbocycles. The Labute approximate surface area is 163 Å². The monoisotopic (exact) mass is 377 g/mol. The molecule has 7 heteroatoms. The highest BCUT2D eigenvalue weighted by Crippen LogP contribution is 2.22. The third-order valence-corrected chi connectivity index (χ3v) is 5.13. The topological polar surface area (TPSA) is 76.6 Å². The van der Waals surface area contributed by atoms with E-state index in [1.165, 1.54) is 31.4 Å². The molecule has 2 aromatic carbocycles. The molecule has 0 atom stereocenters. The maximum atomic E-state index is 11.0. The molecule has 0 amide bonds. The zero-order chi connectivity index (χ0) is 19.3. The van der Waals surface area contributed by atoms with E-state index in [0.29, 0.717) is 11.5 Å². The smallest absolute Gasteiger partial charge is 0.270 e. The van der Waals surface area contributed by atoms with Gasteiger partial charge in [-0.3, -0.25) is 10.1 Å². The summed E-state index contributed by atoms with van der Waals surface area (Å²) in [7, 11) is 0. The van der Waals surface area contributed by atoms with Gasteiger partial charge in [0.25, 0.3) is 5.69 Å². The minimum absolute atomic E-state index is 0.0579. The Hall–Kier alpha value is -3.06. The Morgan fingerprint density at radius 3 is 2.71 bits per heavy atom. The van der Waals surface area contributed by atoms with Crippen LogP contribution >= 0.6 is 0 Å². The first-order chi connectivity index (χ1) is 13.7. The molecule has 0 radical (unpaired) electrons.